The van der Waals surface area contributed by atoms with Gasteiger partial charge in [0.25, 0.3) is 11.4 Å². The van der Waals surface area contributed by atoms with Gasteiger partial charge in [-0.3, -0.25) is 20.2 Å². The quantitative estimate of drug-likeness (QED) is 0.419. The number of nitro benzene ring substituents is 2. The lowest BCUT2D eigenvalue weighted by Crippen LogP contribution is -2.18. The van der Waals surface area contributed by atoms with Gasteiger partial charge in [-0.2, -0.15) is 0 Å². The molecule has 0 aliphatic carbocycles. The highest BCUT2D eigenvalue weighted by Gasteiger charge is 2.40. The zero-order valence-corrected chi connectivity index (χ0v) is 15.7. The highest BCUT2D eigenvalue weighted by Crippen LogP contribution is 2.48. The summed E-state index contributed by atoms with van der Waals surface area (Å²) >= 11 is 0. The van der Waals surface area contributed by atoms with Crippen molar-refractivity contribution < 1.29 is 22.8 Å². The van der Waals surface area contributed by atoms with Crippen molar-refractivity contribution in [3.05, 3.63) is 36.9 Å². The van der Waals surface area contributed by atoms with E-state index in [2.05, 4.69) is 0 Å². The number of hydrogen-bond acceptors (Lipinski definition) is 7. The third-order valence-corrected chi connectivity index (χ3v) is 4.80. The molecule has 0 saturated carbocycles. The van der Waals surface area contributed by atoms with E-state index in [0.29, 0.717) is 0 Å². The van der Waals surface area contributed by atoms with Crippen LogP contribution in [0, 0.1) is 20.2 Å². The molecule has 0 N–H and O–H groups in total. The van der Waals surface area contributed by atoms with Crippen LogP contribution in [0.1, 0.15) is 76.0 Å². The molecule has 1 rings (SSSR count). The predicted molar refractivity (Wildman–Crippen MR) is 90.0 cm³/mol. The summed E-state index contributed by atoms with van der Waals surface area (Å²) in [5.74, 6) is -1.98. The molecule has 25 heavy (non-hydrogen) atoms. The second kappa shape index (κ2) is 7.04. The van der Waals surface area contributed by atoms with E-state index in [1.54, 1.807) is 13.8 Å². The van der Waals surface area contributed by atoms with Gasteiger partial charge in [0.2, 0.25) is 0 Å². The van der Waals surface area contributed by atoms with Crippen LogP contribution in [-0.4, -0.2) is 22.8 Å². The zero-order chi connectivity index (χ0) is 19.9. The van der Waals surface area contributed by atoms with Crippen LogP contribution in [0.15, 0.2) is 4.90 Å². The van der Waals surface area contributed by atoms with Gasteiger partial charge in [-0.1, -0.05) is 41.5 Å². The number of nitro groups is 2. The number of nitrogens with zero attached hydrogens (tertiary/aromatic N) is 2. The Bertz CT molecular complexity index is 780. The first-order valence-electron chi connectivity index (χ1n) is 7.71. The van der Waals surface area contributed by atoms with Crippen LogP contribution in [0.4, 0.5) is 11.4 Å². The van der Waals surface area contributed by atoms with Gasteiger partial charge in [0.1, 0.15) is 15.7 Å². The van der Waals surface area contributed by atoms with Gasteiger partial charge >= 0.3 is 0 Å². The monoisotopic (exact) mass is 373 g/mol. The van der Waals surface area contributed by atoms with Gasteiger partial charge < -0.3 is 4.55 Å². The number of benzene rings is 1. The SMILES string of the molecule is CC(C)c1c([N+](=O)[O-])c(C(C)C)c(S(=O)(=O)[O-])c(C(C)C)c1[N+](=O)[O-]. The summed E-state index contributed by atoms with van der Waals surface area (Å²) < 4.78 is 35.7. The van der Waals surface area contributed by atoms with Gasteiger partial charge in [-0.05, 0) is 17.8 Å². The molecule has 140 valence electrons. The van der Waals surface area contributed by atoms with Crippen LogP contribution >= 0.6 is 0 Å². The van der Waals surface area contributed by atoms with E-state index < -0.39 is 54.0 Å². The van der Waals surface area contributed by atoms with Crippen molar-refractivity contribution in [3.63, 3.8) is 0 Å². The topological polar surface area (TPSA) is 143 Å². The van der Waals surface area contributed by atoms with Crippen molar-refractivity contribution >= 4 is 21.5 Å². The van der Waals surface area contributed by atoms with Crippen molar-refractivity contribution in [3.8, 4) is 0 Å². The average molecular weight is 373 g/mol. The van der Waals surface area contributed by atoms with E-state index in [1.807, 2.05) is 0 Å². The summed E-state index contributed by atoms with van der Waals surface area (Å²) in [4.78, 5) is 20.8. The van der Waals surface area contributed by atoms with Crippen LogP contribution in [0.25, 0.3) is 0 Å². The second-order valence-corrected chi connectivity index (χ2v) is 8.02. The molecule has 9 nitrogen and oxygen atoms in total. The van der Waals surface area contributed by atoms with E-state index in [1.165, 1.54) is 27.7 Å². The van der Waals surface area contributed by atoms with Crippen molar-refractivity contribution in [2.45, 2.75) is 64.2 Å². The average Bonchev–Trinajstić information content (AvgIpc) is 2.41. The van der Waals surface area contributed by atoms with E-state index >= 15 is 0 Å². The molecule has 0 spiro atoms. The van der Waals surface area contributed by atoms with Gasteiger partial charge in [-0.25, -0.2) is 8.42 Å². The Morgan fingerprint density at radius 2 is 1.00 bits per heavy atom. The maximum Gasteiger partial charge on any atom is 0.284 e. The molecule has 0 saturated heterocycles. The van der Waals surface area contributed by atoms with E-state index in [9.17, 15) is 33.2 Å². The fraction of sp³-hybridized carbons (Fsp3) is 0.600. The Kier molecular flexibility index (Phi) is 5.91. The van der Waals surface area contributed by atoms with Gasteiger partial charge in [0, 0.05) is 0 Å². The first kappa shape index (κ1) is 21.0. The van der Waals surface area contributed by atoms with Gasteiger partial charge in [0.15, 0.2) is 0 Å². The Labute approximate surface area is 146 Å². The Morgan fingerprint density at radius 3 is 1.16 bits per heavy atom. The van der Waals surface area contributed by atoms with E-state index in [4.69, 9.17) is 0 Å². The standard InChI is InChI=1S/C15H22N2O7S/c1-7(2)10-13(16(18)19)11(8(3)4)15(25(22,23)24)12(9(5)6)14(10)17(20)21/h7-9H,1-6H3,(H,22,23,24)/p-1. The van der Waals surface area contributed by atoms with E-state index in [-0.39, 0.29) is 16.7 Å². The smallest absolute Gasteiger partial charge is 0.284 e. The van der Waals surface area contributed by atoms with Crippen LogP contribution in [0.5, 0.6) is 0 Å². The largest absolute Gasteiger partial charge is 0.744 e. The molecule has 1 aromatic carbocycles. The molecular formula is C15H21N2O7S-. The summed E-state index contributed by atoms with van der Waals surface area (Å²) in [5, 5.41) is 23.3. The Morgan fingerprint density at radius 1 is 0.720 bits per heavy atom. The van der Waals surface area contributed by atoms with Crippen LogP contribution in [0.3, 0.4) is 0 Å². The highest BCUT2D eigenvalue weighted by atomic mass is 32.2. The van der Waals surface area contributed by atoms with Crippen LogP contribution in [0.2, 0.25) is 0 Å². The molecule has 0 atom stereocenters. The summed E-state index contributed by atoms with van der Waals surface area (Å²) in [6.07, 6.45) is 0. The summed E-state index contributed by atoms with van der Waals surface area (Å²) in [6, 6.07) is 0. The molecule has 0 aliphatic heterocycles. The maximum atomic E-state index is 11.9. The first-order chi connectivity index (χ1) is 11.2. The van der Waals surface area contributed by atoms with Gasteiger partial charge in [-0.15, -0.1) is 0 Å². The molecular weight excluding hydrogens is 352 g/mol. The lowest BCUT2D eigenvalue weighted by Gasteiger charge is -2.24. The van der Waals surface area contributed by atoms with E-state index in [0.717, 1.165) is 0 Å². The van der Waals surface area contributed by atoms with Crippen molar-refractivity contribution in [1.82, 2.24) is 0 Å². The molecule has 0 unspecified atom stereocenters. The highest BCUT2D eigenvalue weighted by molar-refractivity contribution is 7.85. The summed E-state index contributed by atoms with van der Waals surface area (Å²) in [6.45, 7) is 9.14. The van der Waals surface area contributed by atoms with Gasteiger partial charge in [0.05, 0.1) is 25.9 Å². The third-order valence-electron chi connectivity index (χ3n) is 3.86. The fourth-order valence-electron chi connectivity index (χ4n) is 3.04. The maximum absolute atomic E-state index is 11.9. The summed E-state index contributed by atoms with van der Waals surface area (Å²) in [7, 11) is -5.17. The normalized spacial score (nSPS) is 12.2. The fourth-order valence-corrected chi connectivity index (χ4v) is 4.25. The molecule has 0 radical (unpaired) electrons. The molecule has 0 aliphatic rings. The van der Waals surface area contributed by atoms with Crippen molar-refractivity contribution in [2.24, 2.45) is 0 Å². The lowest BCUT2D eigenvalue weighted by atomic mass is 9.85. The second-order valence-electron chi connectivity index (χ2n) is 6.70. The lowest BCUT2D eigenvalue weighted by molar-refractivity contribution is -0.397. The number of hydrogen-bond donors (Lipinski definition) is 0. The Hall–Kier alpha value is -2.07. The van der Waals surface area contributed by atoms with Crippen molar-refractivity contribution in [1.29, 1.82) is 0 Å². The Balaban J connectivity index is 4.51. The summed E-state index contributed by atoms with van der Waals surface area (Å²) in [5.41, 5.74) is -2.00. The minimum Gasteiger partial charge on any atom is -0.744 e. The molecule has 0 fully saturated rings. The minimum atomic E-state index is -5.17. The molecule has 0 heterocycles. The van der Waals surface area contributed by atoms with Crippen LogP contribution in [-0.2, 0) is 10.1 Å². The number of rotatable bonds is 6. The zero-order valence-electron chi connectivity index (χ0n) is 14.9. The molecule has 10 heteroatoms. The van der Waals surface area contributed by atoms with Crippen molar-refractivity contribution in [2.75, 3.05) is 0 Å². The molecule has 0 amide bonds. The molecule has 1 aromatic rings. The first-order valence-corrected chi connectivity index (χ1v) is 9.12. The van der Waals surface area contributed by atoms with Crippen LogP contribution < -0.4 is 0 Å². The molecule has 0 aromatic heterocycles. The molecule has 0 bridgehead atoms. The third kappa shape index (κ3) is 3.79. The predicted octanol–water partition coefficient (Wildman–Crippen LogP) is 3.78. The minimum absolute atomic E-state index is 0.158.